The van der Waals surface area contributed by atoms with Crippen molar-refractivity contribution >= 4 is 16.7 Å². The molecule has 0 fully saturated rings. The lowest BCUT2D eigenvalue weighted by atomic mass is 10.1. The fraction of sp³-hybridized carbons (Fsp3) is 0.167. The second kappa shape index (κ2) is 4.43. The van der Waals surface area contributed by atoms with E-state index in [-0.39, 0.29) is 0 Å². The molecule has 3 heterocycles. The SMILES string of the molecule is N#Cc1c2c(c(-n3ccnc3)n3c1nc1ccccc13)CCC2. The smallest absolute Gasteiger partial charge is 0.157 e. The lowest BCUT2D eigenvalue weighted by molar-refractivity contribution is 0.892. The molecule has 23 heavy (non-hydrogen) atoms. The molecule has 110 valence electrons. The Morgan fingerprint density at radius 2 is 2.00 bits per heavy atom. The molecule has 0 saturated carbocycles. The van der Waals surface area contributed by atoms with Gasteiger partial charge in [-0.15, -0.1) is 0 Å². The monoisotopic (exact) mass is 299 g/mol. The topological polar surface area (TPSA) is 58.9 Å². The van der Waals surface area contributed by atoms with E-state index in [0.717, 1.165) is 52.9 Å². The number of aromatic nitrogens is 4. The highest BCUT2D eigenvalue weighted by molar-refractivity contribution is 5.85. The van der Waals surface area contributed by atoms with Crippen LogP contribution >= 0.6 is 0 Å². The second-order valence-electron chi connectivity index (χ2n) is 5.85. The van der Waals surface area contributed by atoms with Gasteiger partial charge in [0.25, 0.3) is 0 Å². The molecule has 0 bridgehead atoms. The average molecular weight is 299 g/mol. The summed E-state index contributed by atoms with van der Waals surface area (Å²) in [6.07, 6.45) is 8.56. The summed E-state index contributed by atoms with van der Waals surface area (Å²) in [5.41, 5.74) is 5.80. The highest BCUT2D eigenvalue weighted by Gasteiger charge is 2.26. The van der Waals surface area contributed by atoms with Gasteiger partial charge in [0, 0.05) is 12.4 Å². The van der Waals surface area contributed by atoms with Crippen LogP contribution < -0.4 is 0 Å². The number of benzene rings is 1. The van der Waals surface area contributed by atoms with Crippen LogP contribution in [0.15, 0.2) is 43.0 Å². The molecule has 0 saturated heterocycles. The molecule has 5 heteroatoms. The molecule has 5 nitrogen and oxygen atoms in total. The van der Waals surface area contributed by atoms with Gasteiger partial charge < -0.3 is 0 Å². The quantitative estimate of drug-likeness (QED) is 0.543. The summed E-state index contributed by atoms with van der Waals surface area (Å²) in [5.74, 6) is 1.07. The van der Waals surface area contributed by atoms with Crippen LogP contribution in [0.4, 0.5) is 0 Å². The molecule has 0 atom stereocenters. The number of rotatable bonds is 1. The maximum absolute atomic E-state index is 9.72. The number of nitriles is 1. The summed E-state index contributed by atoms with van der Waals surface area (Å²) in [6.45, 7) is 0. The Balaban J connectivity index is 2.08. The van der Waals surface area contributed by atoms with Crippen molar-refractivity contribution < 1.29 is 0 Å². The Morgan fingerprint density at radius 3 is 2.83 bits per heavy atom. The number of hydrogen-bond donors (Lipinski definition) is 0. The largest absolute Gasteiger partial charge is 0.291 e. The Labute approximate surface area is 132 Å². The van der Waals surface area contributed by atoms with Crippen LogP contribution in [-0.4, -0.2) is 18.9 Å². The predicted molar refractivity (Wildman–Crippen MR) is 86.6 cm³/mol. The van der Waals surface area contributed by atoms with Gasteiger partial charge in [-0.05, 0) is 42.5 Å². The minimum atomic E-state index is 0.720. The van der Waals surface area contributed by atoms with Crippen LogP contribution in [0.1, 0.15) is 23.1 Å². The van der Waals surface area contributed by atoms with Crippen molar-refractivity contribution in [2.45, 2.75) is 19.3 Å². The molecule has 5 rings (SSSR count). The van der Waals surface area contributed by atoms with Crippen LogP contribution in [0, 0.1) is 11.3 Å². The van der Waals surface area contributed by atoms with Crippen molar-refractivity contribution in [1.29, 1.82) is 5.26 Å². The Bertz CT molecular complexity index is 1100. The van der Waals surface area contributed by atoms with Crippen LogP contribution in [0.25, 0.3) is 22.5 Å². The lowest BCUT2D eigenvalue weighted by Gasteiger charge is -2.14. The van der Waals surface area contributed by atoms with E-state index in [4.69, 9.17) is 4.98 Å². The minimum Gasteiger partial charge on any atom is -0.291 e. The van der Waals surface area contributed by atoms with Crippen molar-refractivity contribution in [2.24, 2.45) is 0 Å². The van der Waals surface area contributed by atoms with Gasteiger partial charge in [-0.25, -0.2) is 9.97 Å². The number of hydrogen-bond acceptors (Lipinski definition) is 3. The average Bonchev–Trinajstić information content (AvgIpc) is 3.31. The van der Waals surface area contributed by atoms with E-state index < -0.39 is 0 Å². The molecule has 0 N–H and O–H groups in total. The van der Waals surface area contributed by atoms with E-state index in [9.17, 15) is 5.26 Å². The summed E-state index contributed by atoms with van der Waals surface area (Å²) in [4.78, 5) is 8.94. The van der Waals surface area contributed by atoms with Crippen molar-refractivity contribution in [1.82, 2.24) is 18.9 Å². The molecule has 1 aliphatic carbocycles. The zero-order chi connectivity index (χ0) is 15.4. The molecular formula is C18H13N5. The highest BCUT2D eigenvalue weighted by Crippen LogP contribution is 2.35. The van der Waals surface area contributed by atoms with Gasteiger partial charge in [0.15, 0.2) is 5.65 Å². The number of nitrogens with zero attached hydrogens (tertiary/aromatic N) is 5. The normalized spacial score (nSPS) is 13.5. The molecule has 0 spiro atoms. The molecule has 1 aliphatic rings. The van der Waals surface area contributed by atoms with E-state index >= 15 is 0 Å². The molecule has 0 aliphatic heterocycles. The van der Waals surface area contributed by atoms with E-state index in [1.54, 1.807) is 6.20 Å². The fourth-order valence-electron chi connectivity index (χ4n) is 3.72. The van der Waals surface area contributed by atoms with Crippen LogP contribution in [0.3, 0.4) is 0 Å². The third-order valence-electron chi connectivity index (χ3n) is 4.65. The standard InChI is InChI=1S/C18H13N5/c19-10-14-12-4-3-5-13(12)18(22-9-8-20-11-22)23-16-7-2-1-6-15(16)21-17(14)23/h1-2,6-9,11H,3-5H2. The fourth-order valence-corrected chi connectivity index (χ4v) is 3.72. The van der Waals surface area contributed by atoms with E-state index in [1.165, 1.54) is 5.56 Å². The molecule has 3 aromatic heterocycles. The predicted octanol–water partition coefficient (Wildman–Crippen LogP) is 3.03. The van der Waals surface area contributed by atoms with Crippen LogP contribution in [0.2, 0.25) is 0 Å². The van der Waals surface area contributed by atoms with Gasteiger partial charge in [-0.1, -0.05) is 12.1 Å². The van der Waals surface area contributed by atoms with E-state index in [1.807, 2.05) is 35.3 Å². The minimum absolute atomic E-state index is 0.720. The van der Waals surface area contributed by atoms with Crippen molar-refractivity contribution in [2.75, 3.05) is 0 Å². The molecule has 0 unspecified atom stereocenters. The lowest BCUT2D eigenvalue weighted by Crippen LogP contribution is -2.08. The Morgan fingerprint density at radius 1 is 1.13 bits per heavy atom. The zero-order valence-electron chi connectivity index (χ0n) is 12.4. The van der Waals surface area contributed by atoms with Gasteiger partial charge >= 0.3 is 0 Å². The molecule has 0 radical (unpaired) electrons. The maximum atomic E-state index is 9.72. The Kier molecular flexibility index (Phi) is 2.39. The summed E-state index contributed by atoms with van der Waals surface area (Å²) >= 11 is 0. The zero-order valence-corrected chi connectivity index (χ0v) is 12.4. The summed E-state index contributed by atoms with van der Waals surface area (Å²) in [7, 11) is 0. The first-order valence-electron chi connectivity index (χ1n) is 7.72. The molecule has 4 aromatic rings. The first-order valence-corrected chi connectivity index (χ1v) is 7.72. The molecule has 1 aromatic carbocycles. The molecule has 0 amide bonds. The van der Waals surface area contributed by atoms with Gasteiger partial charge in [0.05, 0.1) is 16.6 Å². The van der Waals surface area contributed by atoms with Crippen LogP contribution in [-0.2, 0) is 12.8 Å². The first kappa shape index (κ1) is 12.4. The van der Waals surface area contributed by atoms with Crippen LogP contribution in [0.5, 0.6) is 0 Å². The van der Waals surface area contributed by atoms with Gasteiger partial charge in [-0.3, -0.25) is 8.97 Å². The number of pyridine rings is 1. The van der Waals surface area contributed by atoms with Gasteiger partial charge in [0.2, 0.25) is 0 Å². The van der Waals surface area contributed by atoms with E-state index in [0.29, 0.717) is 0 Å². The summed E-state index contributed by atoms with van der Waals surface area (Å²) < 4.78 is 4.14. The maximum Gasteiger partial charge on any atom is 0.157 e. The van der Waals surface area contributed by atoms with E-state index in [2.05, 4.69) is 21.5 Å². The third-order valence-corrected chi connectivity index (χ3v) is 4.65. The van der Waals surface area contributed by atoms with Crippen molar-refractivity contribution in [3.05, 3.63) is 59.7 Å². The first-order chi connectivity index (χ1) is 11.4. The number of fused-ring (bicyclic) bond motifs is 4. The van der Waals surface area contributed by atoms with Gasteiger partial charge in [-0.2, -0.15) is 5.26 Å². The summed E-state index contributed by atoms with van der Waals surface area (Å²) in [5, 5.41) is 9.72. The van der Waals surface area contributed by atoms with Crippen molar-refractivity contribution in [3.63, 3.8) is 0 Å². The summed E-state index contributed by atoms with van der Waals surface area (Å²) in [6, 6.07) is 10.4. The number of para-hydroxylation sites is 2. The number of imidazole rings is 2. The highest BCUT2D eigenvalue weighted by atomic mass is 15.2. The van der Waals surface area contributed by atoms with Gasteiger partial charge in [0.1, 0.15) is 18.2 Å². The second-order valence-corrected chi connectivity index (χ2v) is 5.85. The third kappa shape index (κ3) is 1.55. The Hall–Kier alpha value is -3.13. The molecular weight excluding hydrogens is 286 g/mol. The van der Waals surface area contributed by atoms with Crippen molar-refractivity contribution in [3.8, 4) is 11.9 Å².